The molecule has 1 aromatic rings. The molecule has 0 radical (unpaired) electrons. The topological polar surface area (TPSA) is 33.7 Å². The summed E-state index contributed by atoms with van der Waals surface area (Å²) in [6, 6.07) is 6.82. The van der Waals surface area contributed by atoms with E-state index in [2.05, 4.69) is 36.2 Å². The molecule has 2 rings (SSSR count). The van der Waals surface area contributed by atoms with Crippen molar-refractivity contribution in [3.8, 4) is 11.5 Å². The summed E-state index contributed by atoms with van der Waals surface area (Å²) in [5, 5.41) is 3.47. The van der Waals surface area contributed by atoms with Crippen molar-refractivity contribution in [2.24, 2.45) is 0 Å². The molecule has 4 heteroatoms. The van der Waals surface area contributed by atoms with Crippen molar-refractivity contribution in [3.05, 3.63) is 23.8 Å². The van der Waals surface area contributed by atoms with Gasteiger partial charge in [0.1, 0.15) is 0 Å². The van der Waals surface area contributed by atoms with Crippen LogP contribution in [0.5, 0.6) is 11.5 Å². The van der Waals surface area contributed by atoms with Gasteiger partial charge in [0.15, 0.2) is 11.5 Å². The molecule has 1 aliphatic rings. The summed E-state index contributed by atoms with van der Waals surface area (Å²) in [4.78, 5) is 2.47. The van der Waals surface area contributed by atoms with Crippen molar-refractivity contribution in [2.45, 2.75) is 32.9 Å². The summed E-state index contributed by atoms with van der Waals surface area (Å²) in [7, 11) is 1.70. The number of rotatable bonds is 6. The summed E-state index contributed by atoms with van der Waals surface area (Å²) >= 11 is 0. The van der Waals surface area contributed by atoms with Gasteiger partial charge in [-0.05, 0) is 31.0 Å². The first-order chi connectivity index (χ1) is 9.72. The molecule has 0 unspecified atom stereocenters. The number of benzene rings is 1. The van der Waals surface area contributed by atoms with Crippen LogP contribution in [-0.2, 0) is 6.54 Å². The van der Waals surface area contributed by atoms with Gasteiger partial charge in [-0.1, -0.05) is 13.0 Å². The van der Waals surface area contributed by atoms with Crippen LogP contribution in [0.2, 0.25) is 0 Å². The molecule has 0 amide bonds. The smallest absolute Gasteiger partial charge is 0.161 e. The minimum atomic E-state index is 0.567. The number of nitrogens with one attached hydrogen (secondary N) is 1. The average Bonchev–Trinajstić information content (AvgIpc) is 2.46. The Balaban J connectivity index is 2.01. The third kappa shape index (κ3) is 4.12. The molecule has 4 nitrogen and oxygen atoms in total. The van der Waals surface area contributed by atoms with Crippen molar-refractivity contribution in [3.63, 3.8) is 0 Å². The van der Waals surface area contributed by atoms with Crippen LogP contribution < -0.4 is 14.8 Å². The van der Waals surface area contributed by atoms with Crippen LogP contribution in [0.4, 0.5) is 0 Å². The minimum absolute atomic E-state index is 0.567. The standard InChI is InChI=1S/C16H26N2O2/c1-4-9-20-15-6-5-14(10-16(15)19-3)12-18-8-7-17-13(2)11-18/h5-6,10,13,17H,4,7-9,11-12H2,1-3H3/t13-/m1/s1. The Labute approximate surface area is 122 Å². The van der Waals surface area contributed by atoms with Gasteiger partial charge in [0, 0.05) is 32.2 Å². The maximum atomic E-state index is 5.69. The second kappa shape index (κ2) is 7.50. The van der Waals surface area contributed by atoms with Gasteiger partial charge in [-0.25, -0.2) is 0 Å². The zero-order chi connectivity index (χ0) is 14.4. The quantitative estimate of drug-likeness (QED) is 0.865. The highest BCUT2D eigenvalue weighted by atomic mass is 16.5. The van der Waals surface area contributed by atoms with Crippen LogP contribution in [-0.4, -0.2) is 44.3 Å². The number of ether oxygens (including phenoxy) is 2. The third-order valence-electron chi connectivity index (χ3n) is 3.55. The second-order valence-corrected chi connectivity index (χ2v) is 5.42. The molecule has 0 spiro atoms. The molecule has 1 aromatic carbocycles. The first kappa shape index (κ1) is 15.1. The zero-order valence-corrected chi connectivity index (χ0v) is 12.8. The normalized spacial score (nSPS) is 19.9. The summed E-state index contributed by atoms with van der Waals surface area (Å²) in [5.74, 6) is 1.67. The first-order valence-electron chi connectivity index (χ1n) is 7.48. The Morgan fingerprint density at radius 2 is 2.20 bits per heavy atom. The van der Waals surface area contributed by atoms with Crippen LogP contribution in [0.15, 0.2) is 18.2 Å². The van der Waals surface area contributed by atoms with E-state index in [-0.39, 0.29) is 0 Å². The van der Waals surface area contributed by atoms with E-state index >= 15 is 0 Å². The largest absolute Gasteiger partial charge is 0.493 e. The zero-order valence-electron chi connectivity index (χ0n) is 12.8. The lowest BCUT2D eigenvalue weighted by Gasteiger charge is -2.31. The fourth-order valence-corrected chi connectivity index (χ4v) is 2.56. The lowest BCUT2D eigenvalue weighted by atomic mass is 10.1. The van der Waals surface area contributed by atoms with Crippen LogP contribution in [0, 0.1) is 0 Å². The van der Waals surface area contributed by atoms with E-state index in [1.54, 1.807) is 7.11 Å². The highest BCUT2D eigenvalue weighted by molar-refractivity contribution is 5.43. The van der Waals surface area contributed by atoms with Crippen molar-refractivity contribution in [2.75, 3.05) is 33.4 Å². The van der Waals surface area contributed by atoms with E-state index in [4.69, 9.17) is 9.47 Å². The molecule has 0 aromatic heterocycles. The molecule has 1 fully saturated rings. The average molecular weight is 278 g/mol. The molecule has 1 saturated heterocycles. The summed E-state index contributed by atoms with van der Waals surface area (Å²) in [5.41, 5.74) is 1.28. The predicted molar refractivity (Wildman–Crippen MR) is 81.5 cm³/mol. The van der Waals surface area contributed by atoms with E-state index in [9.17, 15) is 0 Å². The lowest BCUT2D eigenvalue weighted by Crippen LogP contribution is -2.48. The Kier molecular flexibility index (Phi) is 5.68. The molecule has 0 bridgehead atoms. The van der Waals surface area contributed by atoms with Crippen molar-refractivity contribution < 1.29 is 9.47 Å². The minimum Gasteiger partial charge on any atom is -0.493 e. The van der Waals surface area contributed by atoms with Crippen LogP contribution in [0.3, 0.4) is 0 Å². The van der Waals surface area contributed by atoms with Crippen molar-refractivity contribution in [1.29, 1.82) is 0 Å². The molecule has 0 aliphatic carbocycles. The number of methoxy groups -OCH3 is 1. The number of hydrogen-bond donors (Lipinski definition) is 1. The SMILES string of the molecule is CCCOc1ccc(CN2CCN[C@H](C)C2)cc1OC. The molecule has 1 atom stereocenters. The van der Waals surface area contributed by atoms with E-state index in [1.807, 2.05) is 6.07 Å². The Hall–Kier alpha value is -1.26. The maximum absolute atomic E-state index is 5.69. The number of hydrogen-bond acceptors (Lipinski definition) is 4. The number of piperazine rings is 1. The molecule has 1 heterocycles. The van der Waals surface area contributed by atoms with Gasteiger partial charge < -0.3 is 14.8 Å². The molecule has 0 saturated carbocycles. The van der Waals surface area contributed by atoms with E-state index in [0.717, 1.165) is 50.7 Å². The van der Waals surface area contributed by atoms with Gasteiger partial charge in [-0.15, -0.1) is 0 Å². The van der Waals surface area contributed by atoms with Gasteiger partial charge in [0.2, 0.25) is 0 Å². The van der Waals surface area contributed by atoms with Gasteiger partial charge in [-0.3, -0.25) is 4.90 Å². The lowest BCUT2D eigenvalue weighted by molar-refractivity contribution is 0.199. The van der Waals surface area contributed by atoms with Crippen LogP contribution >= 0.6 is 0 Å². The number of nitrogens with zero attached hydrogens (tertiary/aromatic N) is 1. The highest BCUT2D eigenvalue weighted by Gasteiger charge is 2.16. The highest BCUT2D eigenvalue weighted by Crippen LogP contribution is 2.28. The van der Waals surface area contributed by atoms with E-state index in [0.29, 0.717) is 6.04 Å². The van der Waals surface area contributed by atoms with Crippen molar-refractivity contribution >= 4 is 0 Å². The molecule has 20 heavy (non-hydrogen) atoms. The van der Waals surface area contributed by atoms with Crippen LogP contribution in [0.25, 0.3) is 0 Å². The molecule has 1 N–H and O–H groups in total. The molecular formula is C16H26N2O2. The van der Waals surface area contributed by atoms with E-state index < -0.39 is 0 Å². The summed E-state index contributed by atoms with van der Waals surface area (Å²) in [6.07, 6.45) is 1.00. The van der Waals surface area contributed by atoms with Crippen molar-refractivity contribution in [1.82, 2.24) is 10.2 Å². The van der Waals surface area contributed by atoms with E-state index in [1.165, 1.54) is 5.56 Å². The van der Waals surface area contributed by atoms with Gasteiger partial charge >= 0.3 is 0 Å². The fourth-order valence-electron chi connectivity index (χ4n) is 2.56. The summed E-state index contributed by atoms with van der Waals surface area (Å²) < 4.78 is 11.1. The van der Waals surface area contributed by atoms with Gasteiger partial charge in [0.05, 0.1) is 13.7 Å². The Bertz CT molecular complexity index is 423. The second-order valence-electron chi connectivity index (χ2n) is 5.42. The third-order valence-corrected chi connectivity index (χ3v) is 3.55. The molecule has 112 valence electrons. The Morgan fingerprint density at radius 3 is 2.90 bits per heavy atom. The first-order valence-corrected chi connectivity index (χ1v) is 7.48. The van der Waals surface area contributed by atoms with Crippen LogP contribution in [0.1, 0.15) is 25.8 Å². The molecule has 1 aliphatic heterocycles. The molecular weight excluding hydrogens is 252 g/mol. The Morgan fingerprint density at radius 1 is 1.35 bits per heavy atom. The van der Waals surface area contributed by atoms with Gasteiger partial charge in [0.25, 0.3) is 0 Å². The van der Waals surface area contributed by atoms with Gasteiger partial charge in [-0.2, -0.15) is 0 Å². The summed E-state index contributed by atoms with van der Waals surface area (Å²) in [6.45, 7) is 9.29. The fraction of sp³-hybridized carbons (Fsp3) is 0.625. The predicted octanol–water partition coefficient (Wildman–Crippen LogP) is 2.28. The monoisotopic (exact) mass is 278 g/mol. The maximum Gasteiger partial charge on any atom is 0.161 e.